The van der Waals surface area contributed by atoms with Gasteiger partial charge in [0.15, 0.2) is 0 Å². The van der Waals surface area contributed by atoms with Crippen molar-refractivity contribution in [2.24, 2.45) is 0 Å². The van der Waals surface area contributed by atoms with Gasteiger partial charge in [-0.1, -0.05) is 0 Å². The van der Waals surface area contributed by atoms with E-state index in [1.54, 1.807) is 6.33 Å². The first-order chi connectivity index (χ1) is 10.9. The minimum Gasteiger partial charge on any atom is -0.444 e. The van der Waals surface area contributed by atoms with Crippen molar-refractivity contribution in [3.8, 4) is 0 Å². The maximum Gasteiger partial charge on any atom is 0.407 e. The van der Waals surface area contributed by atoms with E-state index in [0.717, 1.165) is 37.6 Å². The largest absolute Gasteiger partial charge is 0.444 e. The number of anilines is 1. The van der Waals surface area contributed by atoms with Crippen molar-refractivity contribution in [2.75, 3.05) is 31.6 Å². The molecule has 1 aromatic rings. The van der Waals surface area contributed by atoms with Crippen molar-refractivity contribution in [3.05, 3.63) is 18.1 Å². The number of nitrogens with zero attached hydrogens (tertiary/aromatic N) is 2. The van der Waals surface area contributed by atoms with Crippen LogP contribution >= 0.6 is 0 Å². The smallest absolute Gasteiger partial charge is 0.407 e. The molecule has 1 amide bonds. The van der Waals surface area contributed by atoms with E-state index < -0.39 is 5.60 Å². The summed E-state index contributed by atoms with van der Waals surface area (Å²) >= 11 is 0. The fourth-order valence-electron chi connectivity index (χ4n) is 2.27. The predicted molar refractivity (Wildman–Crippen MR) is 87.6 cm³/mol. The quantitative estimate of drug-likeness (QED) is 0.782. The van der Waals surface area contributed by atoms with Crippen molar-refractivity contribution in [2.45, 2.75) is 45.1 Å². The number of hydrogen-bond donors (Lipinski definition) is 2. The minimum atomic E-state index is -0.469. The van der Waals surface area contributed by atoms with Gasteiger partial charge in [-0.3, -0.25) is 0 Å². The number of aromatic nitrogens is 2. The number of alkyl carbamates (subject to hydrolysis) is 1. The van der Waals surface area contributed by atoms with E-state index in [0.29, 0.717) is 19.0 Å². The Morgan fingerprint density at radius 1 is 1.39 bits per heavy atom. The van der Waals surface area contributed by atoms with Crippen LogP contribution in [-0.4, -0.2) is 48.0 Å². The Balaban J connectivity index is 1.66. The lowest BCUT2D eigenvalue weighted by molar-refractivity contribution is 0.0528. The maximum atomic E-state index is 11.5. The van der Waals surface area contributed by atoms with Crippen molar-refractivity contribution in [1.29, 1.82) is 0 Å². The second kappa shape index (κ2) is 8.10. The number of carbonyl (C=O) groups is 1. The summed E-state index contributed by atoms with van der Waals surface area (Å²) in [7, 11) is 0. The normalized spacial score (nSPS) is 17.8. The summed E-state index contributed by atoms with van der Waals surface area (Å²) in [4.78, 5) is 20.0. The summed E-state index contributed by atoms with van der Waals surface area (Å²) < 4.78 is 10.6. The van der Waals surface area contributed by atoms with Gasteiger partial charge in [0.1, 0.15) is 17.7 Å². The Morgan fingerprint density at radius 3 is 2.91 bits per heavy atom. The highest BCUT2D eigenvalue weighted by molar-refractivity contribution is 5.67. The molecule has 7 nitrogen and oxygen atoms in total. The van der Waals surface area contributed by atoms with Crippen LogP contribution < -0.4 is 10.6 Å². The molecule has 1 fully saturated rings. The van der Waals surface area contributed by atoms with Crippen molar-refractivity contribution in [1.82, 2.24) is 15.3 Å². The molecule has 23 heavy (non-hydrogen) atoms. The average Bonchev–Trinajstić information content (AvgIpc) is 2.99. The monoisotopic (exact) mass is 322 g/mol. The third kappa shape index (κ3) is 6.40. The Hall–Kier alpha value is -1.89. The van der Waals surface area contributed by atoms with Gasteiger partial charge in [-0.15, -0.1) is 0 Å². The Labute approximate surface area is 137 Å². The van der Waals surface area contributed by atoms with E-state index in [4.69, 9.17) is 9.47 Å². The van der Waals surface area contributed by atoms with Gasteiger partial charge in [0.05, 0.1) is 12.3 Å². The van der Waals surface area contributed by atoms with E-state index in [1.807, 2.05) is 26.8 Å². The zero-order valence-electron chi connectivity index (χ0n) is 14.1. The van der Waals surface area contributed by atoms with Gasteiger partial charge in [-0.2, -0.15) is 0 Å². The topological polar surface area (TPSA) is 85.4 Å². The van der Waals surface area contributed by atoms with E-state index >= 15 is 0 Å². The number of rotatable bonds is 6. The molecule has 2 N–H and O–H groups in total. The Kier molecular flexibility index (Phi) is 6.15. The van der Waals surface area contributed by atoms with Crippen molar-refractivity contribution < 1.29 is 14.3 Å². The molecule has 0 bridgehead atoms. The highest BCUT2D eigenvalue weighted by atomic mass is 16.6. The number of ether oxygens (including phenoxy) is 2. The van der Waals surface area contributed by atoms with Crippen LogP contribution in [0, 0.1) is 0 Å². The number of nitrogens with one attached hydrogen (secondary N) is 2. The molecule has 2 rings (SSSR count). The van der Waals surface area contributed by atoms with E-state index in [9.17, 15) is 4.79 Å². The van der Waals surface area contributed by atoms with Gasteiger partial charge >= 0.3 is 6.09 Å². The molecule has 0 radical (unpaired) electrons. The van der Waals surface area contributed by atoms with Crippen LogP contribution in [0.5, 0.6) is 0 Å². The lowest BCUT2D eigenvalue weighted by Gasteiger charge is -2.19. The first kappa shape index (κ1) is 17.5. The number of hydrogen-bond acceptors (Lipinski definition) is 6. The van der Waals surface area contributed by atoms with E-state index in [2.05, 4.69) is 20.6 Å². The zero-order chi connectivity index (χ0) is 16.7. The number of amides is 1. The second-order valence-corrected chi connectivity index (χ2v) is 6.60. The molecule has 0 spiro atoms. The second-order valence-electron chi connectivity index (χ2n) is 6.60. The summed E-state index contributed by atoms with van der Waals surface area (Å²) in [5.74, 6) is 1.17. The van der Waals surface area contributed by atoms with Crippen LogP contribution in [0.2, 0.25) is 0 Å². The standard InChI is InChI=1S/C16H26N4O3/c1-16(2,3)23-15(21)18-7-4-6-17-14-9-13(19-11-20-14)12-5-8-22-10-12/h9,11-12H,4-8,10H2,1-3H3,(H,18,21)(H,17,19,20). The van der Waals surface area contributed by atoms with Gasteiger partial charge in [0, 0.05) is 31.7 Å². The first-order valence-electron chi connectivity index (χ1n) is 8.04. The molecule has 2 heterocycles. The minimum absolute atomic E-state index is 0.368. The van der Waals surface area contributed by atoms with Crippen molar-refractivity contribution in [3.63, 3.8) is 0 Å². The van der Waals surface area contributed by atoms with Crippen LogP contribution in [0.4, 0.5) is 10.6 Å². The average molecular weight is 322 g/mol. The van der Waals surface area contributed by atoms with Gasteiger partial charge in [0.25, 0.3) is 0 Å². The van der Waals surface area contributed by atoms with Gasteiger partial charge in [-0.25, -0.2) is 14.8 Å². The SMILES string of the molecule is CC(C)(C)OC(=O)NCCCNc1cc(C2CCOC2)ncn1. The fourth-order valence-corrected chi connectivity index (χ4v) is 2.27. The molecular weight excluding hydrogens is 296 g/mol. The maximum absolute atomic E-state index is 11.5. The molecule has 1 aromatic heterocycles. The van der Waals surface area contributed by atoms with Gasteiger partial charge in [-0.05, 0) is 33.6 Å². The molecule has 1 unspecified atom stereocenters. The Morgan fingerprint density at radius 2 is 2.22 bits per heavy atom. The molecule has 1 aliphatic heterocycles. The Bertz CT molecular complexity index is 510. The lowest BCUT2D eigenvalue weighted by Crippen LogP contribution is -2.33. The highest BCUT2D eigenvalue weighted by Gasteiger charge is 2.19. The van der Waals surface area contributed by atoms with Gasteiger partial charge < -0.3 is 20.1 Å². The molecule has 0 aliphatic carbocycles. The fraction of sp³-hybridized carbons (Fsp3) is 0.688. The highest BCUT2D eigenvalue weighted by Crippen LogP contribution is 2.24. The van der Waals surface area contributed by atoms with E-state index in [-0.39, 0.29) is 6.09 Å². The molecule has 0 aromatic carbocycles. The lowest BCUT2D eigenvalue weighted by atomic mass is 10.1. The molecule has 1 aliphatic rings. The summed E-state index contributed by atoms with van der Waals surface area (Å²) in [5, 5.41) is 5.98. The van der Waals surface area contributed by atoms with Crippen LogP contribution in [0.3, 0.4) is 0 Å². The predicted octanol–water partition coefficient (Wildman–Crippen LogP) is 2.31. The summed E-state index contributed by atoms with van der Waals surface area (Å²) in [5.41, 5.74) is 0.552. The van der Waals surface area contributed by atoms with Crippen molar-refractivity contribution >= 4 is 11.9 Å². The molecule has 7 heteroatoms. The third-order valence-corrected chi connectivity index (χ3v) is 3.36. The molecule has 128 valence electrons. The van der Waals surface area contributed by atoms with Crippen LogP contribution in [0.1, 0.15) is 45.2 Å². The van der Waals surface area contributed by atoms with E-state index in [1.165, 1.54) is 0 Å². The molecular formula is C16H26N4O3. The van der Waals surface area contributed by atoms with Crippen LogP contribution in [0.25, 0.3) is 0 Å². The summed E-state index contributed by atoms with van der Waals surface area (Å²) in [6.45, 7) is 8.33. The number of carbonyl (C=O) groups excluding carboxylic acids is 1. The molecule has 1 atom stereocenters. The zero-order valence-corrected chi connectivity index (χ0v) is 14.1. The summed E-state index contributed by atoms with van der Waals surface area (Å²) in [6.07, 6.45) is 2.99. The first-order valence-corrected chi connectivity index (χ1v) is 8.04. The van der Waals surface area contributed by atoms with Crippen LogP contribution in [0.15, 0.2) is 12.4 Å². The molecule has 1 saturated heterocycles. The third-order valence-electron chi connectivity index (χ3n) is 3.36. The summed E-state index contributed by atoms with van der Waals surface area (Å²) in [6, 6.07) is 1.97. The van der Waals surface area contributed by atoms with Gasteiger partial charge in [0.2, 0.25) is 0 Å². The molecule has 0 saturated carbocycles. The van der Waals surface area contributed by atoms with Crippen LogP contribution in [-0.2, 0) is 9.47 Å².